The van der Waals surface area contributed by atoms with Crippen LogP contribution in [0.4, 0.5) is 0 Å². The summed E-state index contributed by atoms with van der Waals surface area (Å²) in [6.45, 7) is 5.25. The summed E-state index contributed by atoms with van der Waals surface area (Å²) in [5.74, 6) is 2.21. The molecule has 1 amide bonds. The molecule has 3 nitrogen and oxygen atoms in total. The Morgan fingerprint density at radius 2 is 1.62 bits per heavy atom. The van der Waals surface area contributed by atoms with E-state index >= 15 is 0 Å². The monoisotopic (exact) mass is 302 g/mol. The van der Waals surface area contributed by atoms with Gasteiger partial charge in [0.1, 0.15) is 5.88 Å². The topological polar surface area (TPSA) is 41.1 Å². The molecule has 0 heterocycles. The molecule has 0 aliphatic carbocycles. The molecule has 0 aliphatic rings. The van der Waals surface area contributed by atoms with Crippen molar-refractivity contribution in [1.82, 2.24) is 10.6 Å². The highest BCUT2D eigenvalue weighted by Crippen LogP contribution is 2.19. The maximum atomic E-state index is 10.8. The zero-order valence-electron chi connectivity index (χ0n) is 8.93. The Hall–Kier alpha value is 0.290. The number of rotatable bonds is 10. The highest BCUT2D eigenvalue weighted by molar-refractivity contribution is 8.76. The molecule has 0 spiro atoms. The Balaban J connectivity index is 3.10. The smallest absolute Gasteiger partial charge is 0.234 e. The van der Waals surface area contributed by atoms with Gasteiger partial charge in [0.05, 0.1) is 5.88 Å². The summed E-state index contributed by atoms with van der Waals surface area (Å²) >= 11 is 10.9. The lowest BCUT2D eigenvalue weighted by Gasteiger charge is -2.06. The highest BCUT2D eigenvalue weighted by Gasteiger charge is 1.97. The van der Waals surface area contributed by atoms with Crippen molar-refractivity contribution in [3.63, 3.8) is 0 Å². The Morgan fingerprint density at radius 1 is 1.06 bits per heavy atom. The van der Waals surface area contributed by atoms with Crippen molar-refractivity contribution in [3.05, 3.63) is 12.3 Å². The third-order valence-electron chi connectivity index (χ3n) is 1.43. The molecule has 0 bridgehead atoms. The Labute approximate surface area is 114 Å². The Kier molecular flexibility index (Phi) is 12.0. The van der Waals surface area contributed by atoms with Gasteiger partial charge in [-0.2, -0.15) is 0 Å². The summed E-state index contributed by atoms with van der Waals surface area (Å²) in [7, 11) is 3.47. The van der Waals surface area contributed by atoms with Gasteiger partial charge in [0.15, 0.2) is 0 Å². The fourth-order valence-corrected chi connectivity index (χ4v) is 2.72. The summed E-state index contributed by atoms with van der Waals surface area (Å²) in [5, 5.41) is 5.80. The Bertz CT molecular complexity index is 196. The summed E-state index contributed by atoms with van der Waals surface area (Å²) < 4.78 is 0. The number of allylic oxidation sites excluding steroid dienone is 1. The number of alkyl halides is 2. The van der Waals surface area contributed by atoms with Gasteiger partial charge < -0.3 is 10.6 Å². The standard InChI is InChI=1S/C9H16Cl2N2OS2/c1-8(6-10)12-2-4-15-16-5-3-13-9(14)7-11/h12H,1-7H2,(H,13,14). The van der Waals surface area contributed by atoms with Crippen LogP contribution in [-0.2, 0) is 4.79 Å². The van der Waals surface area contributed by atoms with Gasteiger partial charge in [-0.15, -0.1) is 23.2 Å². The van der Waals surface area contributed by atoms with Crippen molar-refractivity contribution in [2.75, 3.05) is 36.4 Å². The molecule has 0 unspecified atom stereocenters. The first-order valence-electron chi connectivity index (χ1n) is 4.75. The number of hydrogen-bond donors (Lipinski definition) is 2. The normalized spacial score (nSPS) is 9.88. The number of carbonyl (C=O) groups is 1. The van der Waals surface area contributed by atoms with Crippen molar-refractivity contribution in [2.45, 2.75) is 0 Å². The minimum atomic E-state index is -0.118. The first kappa shape index (κ1) is 16.3. The van der Waals surface area contributed by atoms with E-state index in [0.29, 0.717) is 12.4 Å². The molecule has 0 aromatic heterocycles. The number of carbonyl (C=O) groups excluding carboxylic acids is 1. The molecular weight excluding hydrogens is 287 g/mol. The van der Waals surface area contributed by atoms with Crippen LogP contribution in [0, 0.1) is 0 Å². The van der Waals surface area contributed by atoms with E-state index in [2.05, 4.69) is 17.2 Å². The Morgan fingerprint density at radius 3 is 2.12 bits per heavy atom. The van der Waals surface area contributed by atoms with Crippen LogP contribution in [0.2, 0.25) is 0 Å². The molecule has 94 valence electrons. The number of halogens is 2. The summed E-state index contributed by atoms with van der Waals surface area (Å²) in [4.78, 5) is 10.8. The molecule has 0 aromatic carbocycles. The molecule has 0 atom stereocenters. The maximum absolute atomic E-state index is 10.8. The lowest BCUT2D eigenvalue weighted by Crippen LogP contribution is -2.26. The van der Waals surface area contributed by atoms with E-state index in [1.165, 1.54) is 0 Å². The van der Waals surface area contributed by atoms with Crippen LogP contribution in [0.25, 0.3) is 0 Å². The van der Waals surface area contributed by atoms with Crippen molar-refractivity contribution in [3.8, 4) is 0 Å². The van der Waals surface area contributed by atoms with Gasteiger partial charge in [-0.05, 0) is 0 Å². The summed E-state index contributed by atoms with van der Waals surface area (Å²) in [5.41, 5.74) is 0.849. The average molecular weight is 303 g/mol. The molecule has 0 aromatic rings. The van der Waals surface area contributed by atoms with Crippen molar-refractivity contribution in [1.29, 1.82) is 0 Å². The molecule has 16 heavy (non-hydrogen) atoms. The van der Waals surface area contributed by atoms with Gasteiger partial charge in [0.25, 0.3) is 0 Å². The van der Waals surface area contributed by atoms with Gasteiger partial charge in [-0.3, -0.25) is 4.79 Å². The maximum Gasteiger partial charge on any atom is 0.234 e. The first-order chi connectivity index (χ1) is 7.70. The van der Waals surface area contributed by atoms with E-state index in [1.54, 1.807) is 21.6 Å². The second-order valence-corrected chi connectivity index (χ2v) is 6.03. The van der Waals surface area contributed by atoms with E-state index in [9.17, 15) is 4.79 Å². The third-order valence-corrected chi connectivity index (χ3v) is 4.41. The van der Waals surface area contributed by atoms with E-state index in [0.717, 1.165) is 23.7 Å². The fraction of sp³-hybridized carbons (Fsp3) is 0.667. The quantitative estimate of drug-likeness (QED) is 0.368. The predicted molar refractivity (Wildman–Crippen MR) is 76.5 cm³/mol. The fourth-order valence-electron chi connectivity index (χ4n) is 0.714. The largest absolute Gasteiger partial charge is 0.387 e. The van der Waals surface area contributed by atoms with Crippen LogP contribution in [0.15, 0.2) is 12.3 Å². The van der Waals surface area contributed by atoms with Gasteiger partial charge in [-0.1, -0.05) is 28.2 Å². The molecule has 0 aliphatic heterocycles. The minimum Gasteiger partial charge on any atom is -0.387 e. The highest BCUT2D eigenvalue weighted by atomic mass is 35.5. The molecule has 0 fully saturated rings. The lowest BCUT2D eigenvalue weighted by atomic mass is 10.5. The summed E-state index contributed by atoms with van der Waals surface area (Å²) in [6.07, 6.45) is 0. The molecule has 7 heteroatoms. The first-order valence-corrected chi connectivity index (χ1v) is 8.31. The van der Waals surface area contributed by atoms with E-state index < -0.39 is 0 Å². The van der Waals surface area contributed by atoms with Gasteiger partial charge in [0, 0.05) is 30.3 Å². The van der Waals surface area contributed by atoms with Crippen molar-refractivity contribution in [2.24, 2.45) is 0 Å². The predicted octanol–water partition coefficient (Wildman–Crippen LogP) is 2.06. The number of nitrogens with one attached hydrogen (secondary N) is 2. The second-order valence-electron chi connectivity index (χ2n) is 2.79. The van der Waals surface area contributed by atoms with Gasteiger partial charge >= 0.3 is 0 Å². The minimum absolute atomic E-state index is 0.0300. The van der Waals surface area contributed by atoms with Crippen LogP contribution >= 0.6 is 44.8 Å². The van der Waals surface area contributed by atoms with Crippen LogP contribution in [-0.4, -0.2) is 42.3 Å². The van der Waals surface area contributed by atoms with E-state index in [4.69, 9.17) is 23.2 Å². The lowest BCUT2D eigenvalue weighted by molar-refractivity contribution is -0.118. The molecule has 0 rings (SSSR count). The van der Waals surface area contributed by atoms with Crippen LogP contribution < -0.4 is 10.6 Å². The average Bonchev–Trinajstić information content (AvgIpc) is 2.31. The van der Waals surface area contributed by atoms with Crippen LogP contribution in [0.5, 0.6) is 0 Å². The van der Waals surface area contributed by atoms with Crippen LogP contribution in [0.3, 0.4) is 0 Å². The number of hydrogen-bond acceptors (Lipinski definition) is 4. The molecular formula is C9H16Cl2N2OS2. The zero-order chi connectivity index (χ0) is 12.2. The molecule has 0 saturated carbocycles. The third kappa shape index (κ3) is 10.8. The van der Waals surface area contributed by atoms with Crippen molar-refractivity contribution < 1.29 is 4.79 Å². The molecule has 0 saturated heterocycles. The second kappa shape index (κ2) is 11.8. The molecule has 2 N–H and O–H groups in total. The number of amides is 1. The van der Waals surface area contributed by atoms with E-state index in [1.807, 2.05) is 0 Å². The van der Waals surface area contributed by atoms with Gasteiger partial charge in [0.2, 0.25) is 5.91 Å². The van der Waals surface area contributed by atoms with Crippen molar-refractivity contribution >= 4 is 50.7 Å². The summed E-state index contributed by atoms with van der Waals surface area (Å²) in [6, 6.07) is 0. The van der Waals surface area contributed by atoms with Gasteiger partial charge in [-0.25, -0.2) is 0 Å². The van der Waals surface area contributed by atoms with Crippen LogP contribution in [0.1, 0.15) is 0 Å². The molecule has 0 radical (unpaired) electrons. The van der Waals surface area contributed by atoms with E-state index in [-0.39, 0.29) is 11.8 Å². The SMILES string of the molecule is C=C(CCl)NCCSSCCNC(=O)CCl. The zero-order valence-corrected chi connectivity index (χ0v) is 12.1.